The van der Waals surface area contributed by atoms with E-state index in [1.807, 2.05) is 6.92 Å². The zero-order valence-electron chi connectivity index (χ0n) is 10.1. The number of H-pyrrole nitrogens is 1. The largest absolute Gasteiger partial charge is 0.355 e. The van der Waals surface area contributed by atoms with E-state index < -0.39 is 0 Å². The summed E-state index contributed by atoms with van der Waals surface area (Å²) in [6.07, 6.45) is 4.18. The van der Waals surface area contributed by atoms with Crippen molar-refractivity contribution in [3.63, 3.8) is 0 Å². The second-order valence-electron chi connectivity index (χ2n) is 4.78. The standard InChI is InChI=1S/C11H19N5O/c1-11(4-2-5-12-7-11)10(17)13-6-3-9-14-8-15-16-9/h8,12H,2-7H2,1H3,(H,13,17)(H,14,15,16). The van der Waals surface area contributed by atoms with Crippen LogP contribution in [0.1, 0.15) is 25.6 Å². The number of amides is 1. The highest BCUT2D eigenvalue weighted by atomic mass is 16.2. The number of carbonyl (C=O) groups is 1. The number of hydrogen-bond donors (Lipinski definition) is 3. The number of carbonyl (C=O) groups excluding carboxylic acids is 1. The summed E-state index contributed by atoms with van der Waals surface area (Å²) in [7, 11) is 0. The average Bonchev–Trinajstić information content (AvgIpc) is 2.83. The third kappa shape index (κ3) is 3.03. The Hall–Kier alpha value is -1.43. The maximum Gasteiger partial charge on any atom is 0.227 e. The van der Waals surface area contributed by atoms with Crippen LogP contribution in [-0.2, 0) is 11.2 Å². The second kappa shape index (κ2) is 5.27. The van der Waals surface area contributed by atoms with Gasteiger partial charge in [-0.15, -0.1) is 0 Å². The highest BCUT2D eigenvalue weighted by Crippen LogP contribution is 2.25. The number of nitrogens with zero attached hydrogens (tertiary/aromatic N) is 2. The molecule has 1 aromatic heterocycles. The monoisotopic (exact) mass is 237 g/mol. The maximum atomic E-state index is 12.1. The lowest BCUT2D eigenvalue weighted by atomic mass is 9.82. The van der Waals surface area contributed by atoms with Crippen molar-refractivity contribution < 1.29 is 4.79 Å². The Morgan fingerprint density at radius 2 is 2.53 bits per heavy atom. The van der Waals surface area contributed by atoms with Crippen molar-refractivity contribution in [2.75, 3.05) is 19.6 Å². The molecule has 3 N–H and O–H groups in total. The van der Waals surface area contributed by atoms with E-state index >= 15 is 0 Å². The van der Waals surface area contributed by atoms with Gasteiger partial charge in [0.15, 0.2) is 0 Å². The quantitative estimate of drug-likeness (QED) is 0.680. The summed E-state index contributed by atoms with van der Waals surface area (Å²) in [6.45, 7) is 4.40. The second-order valence-corrected chi connectivity index (χ2v) is 4.78. The van der Waals surface area contributed by atoms with Gasteiger partial charge in [0, 0.05) is 19.5 Å². The third-order valence-electron chi connectivity index (χ3n) is 3.26. The molecule has 1 saturated heterocycles. The Morgan fingerprint density at radius 3 is 3.18 bits per heavy atom. The van der Waals surface area contributed by atoms with Gasteiger partial charge in [-0.3, -0.25) is 9.89 Å². The molecule has 0 radical (unpaired) electrons. The summed E-state index contributed by atoms with van der Waals surface area (Å²) in [6, 6.07) is 0. The van der Waals surface area contributed by atoms with Crippen LogP contribution >= 0.6 is 0 Å². The SMILES string of the molecule is CC1(C(=O)NCCc2ncn[nH]2)CCCNC1. The molecule has 6 heteroatoms. The zero-order valence-corrected chi connectivity index (χ0v) is 10.1. The topological polar surface area (TPSA) is 82.7 Å². The molecule has 6 nitrogen and oxygen atoms in total. The van der Waals surface area contributed by atoms with E-state index in [4.69, 9.17) is 0 Å². The minimum atomic E-state index is -0.264. The number of rotatable bonds is 4. The molecule has 0 saturated carbocycles. The van der Waals surface area contributed by atoms with Crippen LogP contribution in [0.15, 0.2) is 6.33 Å². The predicted molar refractivity (Wildman–Crippen MR) is 63.3 cm³/mol. The van der Waals surface area contributed by atoms with Crippen molar-refractivity contribution in [2.45, 2.75) is 26.2 Å². The van der Waals surface area contributed by atoms with E-state index in [2.05, 4.69) is 25.8 Å². The van der Waals surface area contributed by atoms with Crippen LogP contribution in [0, 0.1) is 5.41 Å². The fourth-order valence-corrected chi connectivity index (χ4v) is 2.11. The number of aromatic nitrogens is 3. The van der Waals surface area contributed by atoms with Crippen molar-refractivity contribution >= 4 is 5.91 Å². The van der Waals surface area contributed by atoms with Crippen LogP contribution in [0.3, 0.4) is 0 Å². The molecule has 1 atom stereocenters. The Balaban J connectivity index is 1.76. The number of piperidine rings is 1. The molecule has 0 aromatic carbocycles. The molecule has 1 aromatic rings. The molecule has 0 spiro atoms. The summed E-state index contributed by atoms with van der Waals surface area (Å²) in [4.78, 5) is 16.1. The fraction of sp³-hybridized carbons (Fsp3) is 0.727. The van der Waals surface area contributed by atoms with E-state index in [-0.39, 0.29) is 11.3 Å². The van der Waals surface area contributed by atoms with E-state index in [1.165, 1.54) is 6.33 Å². The van der Waals surface area contributed by atoms with Gasteiger partial charge < -0.3 is 10.6 Å². The molecule has 94 valence electrons. The van der Waals surface area contributed by atoms with Gasteiger partial charge >= 0.3 is 0 Å². The molecule has 1 aliphatic heterocycles. The van der Waals surface area contributed by atoms with E-state index in [0.29, 0.717) is 13.0 Å². The lowest BCUT2D eigenvalue weighted by Crippen LogP contribution is -2.49. The van der Waals surface area contributed by atoms with Crippen molar-refractivity contribution in [1.82, 2.24) is 25.8 Å². The lowest BCUT2D eigenvalue weighted by Gasteiger charge is -2.32. The molecule has 1 aliphatic rings. The first kappa shape index (κ1) is 12.0. The highest BCUT2D eigenvalue weighted by molar-refractivity contribution is 5.82. The molecule has 17 heavy (non-hydrogen) atoms. The third-order valence-corrected chi connectivity index (χ3v) is 3.26. The molecule has 0 bridgehead atoms. The summed E-state index contributed by atoms with van der Waals surface area (Å²) in [5.74, 6) is 0.932. The first-order valence-electron chi connectivity index (χ1n) is 6.04. The number of hydrogen-bond acceptors (Lipinski definition) is 4. The van der Waals surface area contributed by atoms with Gasteiger partial charge in [0.25, 0.3) is 0 Å². The normalized spacial score (nSPS) is 24.5. The minimum absolute atomic E-state index is 0.129. The maximum absolute atomic E-state index is 12.1. The minimum Gasteiger partial charge on any atom is -0.355 e. The Morgan fingerprint density at radius 1 is 1.65 bits per heavy atom. The molecule has 1 amide bonds. The van der Waals surface area contributed by atoms with Gasteiger partial charge in [-0.25, -0.2) is 4.98 Å². The Kier molecular flexibility index (Phi) is 3.73. The van der Waals surface area contributed by atoms with Crippen LogP contribution in [0.4, 0.5) is 0 Å². The van der Waals surface area contributed by atoms with Crippen molar-refractivity contribution in [1.29, 1.82) is 0 Å². The van der Waals surface area contributed by atoms with Gasteiger partial charge in [0.05, 0.1) is 5.41 Å². The van der Waals surface area contributed by atoms with Crippen LogP contribution in [0.25, 0.3) is 0 Å². The van der Waals surface area contributed by atoms with Crippen molar-refractivity contribution in [3.8, 4) is 0 Å². The van der Waals surface area contributed by atoms with Crippen LogP contribution in [0.2, 0.25) is 0 Å². The molecule has 1 unspecified atom stereocenters. The van der Waals surface area contributed by atoms with Gasteiger partial charge in [0.1, 0.15) is 12.2 Å². The first-order valence-corrected chi connectivity index (χ1v) is 6.04. The van der Waals surface area contributed by atoms with Crippen LogP contribution in [0.5, 0.6) is 0 Å². The van der Waals surface area contributed by atoms with Gasteiger partial charge in [0.2, 0.25) is 5.91 Å². The van der Waals surface area contributed by atoms with Crippen molar-refractivity contribution in [2.24, 2.45) is 5.41 Å². The highest BCUT2D eigenvalue weighted by Gasteiger charge is 2.34. The van der Waals surface area contributed by atoms with Crippen LogP contribution < -0.4 is 10.6 Å². The molecule has 2 heterocycles. The zero-order chi connectivity index (χ0) is 12.1. The number of aromatic amines is 1. The van der Waals surface area contributed by atoms with E-state index in [1.54, 1.807) is 0 Å². The molecule has 1 fully saturated rings. The van der Waals surface area contributed by atoms with Crippen LogP contribution in [-0.4, -0.2) is 40.7 Å². The molecule has 2 rings (SSSR count). The van der Waals surface area contributed by atoms with E-state index in [0.717, 1.165) is 31.8 Å². The molecular weight excluding hydrogens is 218 g/mol. The summed E-state index contributed by atoms with van der Waals surface area (Å²) < 4.78 is 0. The fourth-order valence-electron chi connectivity index (χ4n) is 2.11. The first-order chi connectivity index (χ1) is 8.21. The molecule has 0 aliphatic carbocycles. The van der Waals surface area contributed by atoms with Gasteiger partial charge in [-0.2, -0.15) is 5.10 Å². The summed E-state index contributed by atoms with van der Waals surface area (Å²) in [5, 5.41) is 12.8. The van der Waals surface area contributed by atoms with Gasteiger partial charge in [-0.05, 0) is 26.3 Å². The van der Waals surface area contributed by atoms with Gasteiger partial charge in [-0.1, -0.05) is 0 Å². The lowest BCUT2D eigenvalue weighted by molar-refractivity contribution is -0.131. The van der Waals surface area contributed by atoms with Crippen molar-refractivity contribution in [3.05, 3.63) is 12.2 Å². The summed E-state index contributed by atoms with van der Waals surface area (Å²) >= 11 is 0. The molecular formula is C11H19N5O. The summed E-state index contributed by atoms with van der Waals surface area (Å²) in [5.41, 5.74) is -0.264. The Labute approximate surface area is 101 Å². The average molecular weight is 237 g/mol. The number of nitrogens with one attached hydrogen (secondary N) is 3. The predicted octanol–water partition coefficient (Wildman–Crippen LogP) is -0.147. The van der Waals surface area contributed by atoms with E-state index in [9.17, 15) is 4.79 Å². The Bertz CT molecular complexity index is 356. The smallest absolute Gasteiger partial charge is 0.227 e.